The SMILES string of the molecule is Cc1cccc(CNCC(O)Cn2cc([N+](=O)[O-])cn2)c1. The van der Waals surface area contributed by atoms with Crippen LogP contribution in [0.4, 0.5) is 5.69 Å². The number of aliphatic hydroxyl groups excluding tert-OH is 1. The summed E-state index contributed by atoms with van der Waals surface area (Å²) in [6, 6.07) is 8.12. The van der Waals surface area contributed by atoms with E-state index in [0.29, 0.717) is 13.1 Å². The van der Waals surface area contributed by atoms with Gasteiger partial charge < -0.3 is 10.4 Å². The molecule has 112 valence electrons. The number of aliphatic hydroxyl groups is 1. The zero-order chi connectivity index (χ0) is 15.2. The average Bonchev–Trinajstić information content (AvgIpc) is 2.87. The van der Waals surface area contributed by atoms with Crippen LogP contribution in [0.5, 0.6) is 0 Å². The number of hydrogen-bond donors (Lipinski definition) is 2. The molecule has 0 aliphatic carbocycles. The molecule has 1 aromatic carbocycles. The monoisotopic (exact) mass is 290 g/mol. The van der Waals surface area contributed by atoms with E-state index in [4.69, 9.17) is 0 Å². The van der Waals surface area contributed by atoms with Crippen LogP contribution in [-0.2, 0) is 13.1 Å². The molecular weight excluding hydrogens is 272 g/mol. The Labute approximate surface area is 122 Å². The van der Waals surface area contributed by atoms with E-state index in [1.165, 1.54) is 22.6 Å². The lowest BCUT2D eigenvalue weighted by atomic mass is 10.1. The van der Waals surface area contributed by atoms with Gasteiger partial charge in [0.05, 0.1) is 17.6 Å². The van der Waals surface area contributed by atoms with Crippen molar-refractivity contribution < 1.29 is 10.0 Å². The molecule has 21 heavy (non-hydrogen) atoms. The molecule has 0 spiro atoms. The molecule has 0 fully saturated rings. The van der Waals surface area contributed by atoms with Crippen molar-refractivity contribution in [2.24, 2.45) is 0 Å². The lowest BCUT2D eigenvalue weighted by molar-refractivity contribution is -0.385. The lowest BCUT2D eigenvalue weighted by Gasteiger charge is -2.12. The number of nitro groups is 1. The zero-order valence-corrected chi connectivity index (χ0v) is 11.8. The highest BCUT2D eigenvalue weighted by atomic mass is 16.6. The smallest absolute Gasteiger partial charge is 0.306 e. The molecule has 0 saturated heterocycles. The van der Waals surface area contributed by atoms with Crippen molar-refractivity contribution in [2.45, 2.75) is 26.1 Å². The first-order chi connectivity index (χ1) is 10.0. The van der Waals surface area contributed by atoms with Gasteiger partial charge in [0.1, 0.15) is 12.4 Å². The van der Waals surface area contributed by atoms with Crippen LogP contribution in [0.25, 0.3) is 0 Å². The first-order valence-electron chi connectivity index (χ1n) is 6.66. The largest absolute Gasteiger partial charge is 0.390 e. The number of aromatic nitrogens is 2. The summed E-state index contributed by atoms with van der Waals surface area (Å²) in [5, 5.41) is 27.4. The normalized spacial score (nSPS) is 12.3. The zero-order valence-electron chi connectivity index (χ0n) is 11.8. The molecule has 0 radical (unpaired) electrons. The second-order valence-corrected chi connectivity index (χ2v) is 4.95. The Morgan fingerprint density at radius 3 is 3.00 bits per heavy atom. The molecule has 0 bridgehead atoms. The molecule has 2 N–H and O–H groups in total. The topological polar surface area (TPSA) is 93.2 Å². The molecule has 0 amide bonds. The van der Waals surface area contributed by atoms with Crippen LogP contribution in [0.15, 0.2) is 36.7 Å². The van der Waals surface area contributed by atoms with E-state index >= 15 is 0 Å². The number of rotatable bonds is 7. The Morgan fingerprint density at radius 2 is 2.33 bits per heavy atom. The minimum Gasteiger partial charge on any atom is -0.390 e. The highest BCUT2D eigenvalue weighted by Gasteiger charge is 2.11. The lowest BCUT2D eigenvalue weighted by Crippen LogP contribution is -2.30. The fraction of sp³-hybridized carbons (Fsp3) is 0.357. The summed E-state index contributed by atoms with van der Waals surface area (Å²) >= 11 is 0. The molecular formula is C14H18N4O3. The minimum atomic E-state index is -0.658. The van der Waals surface area contributed by atoms with Crippen LogP contribution in [-0.4, -0.2) is 32.5 Å². The first-order valence-corrected chi connectivity index (χ1v) is 6.66. The molecule has 1 unspecified atom stereocenters. The number of nitrogens with zero attached hydrogens (tertiary/aromatic N) is 3. The Morgan fingerprint density at radius 1 is 1.52 bits per heavy atom. The Hall–Kier alpha value is -2.25. The molecule has 0 aliphatic rings. The van der Waals surface area contributed by atoms with Gasteiger partial charge in [-0.3, -0.25) is 14.8 Å². The van der Waals surface area contributed by atoms with Gasteiger partial charge in [-0.05, 0) is 12.5 Å². The van der Waals surface area contributed by atoms with Crippen LogP contribution in [0.3, 0.4) is 0 Å². The van der Waals surface area contributed by atoms with Crippen LogP contribution < -0.4 is 5.32 Å². The van der Waals surface area contributed by atoms with E-state index < -0.39 is 11.0 Å². The van der Waals surface area contributed by atoms with E-state index in [2.05, 4.69) is 16.5 Å². The van der Waals surface area contributed by atoms with E-state index in [0.717, 1.165) is 5.56 Å². The minimum absolute atomic E-state index is 0.0741. The summed E-state index contributed by atoms with van der Waals surface area (Å²) in [6.45, 7) is 3.30. The van der Waals surface area contributed by atoms with Crippen LogP contribution >= 0.6 is 0 Å². The predicted octanol–water partition coefficient (Wildman–Crippen LogP) is 1.25. The van der Waals surface area contributed by atoms with E-state index in [1.54, 1.807) is 0 Å². The molecule has 2 aromatic rings. The third-order valence-electron chi connectivity index (χ3n) is 3.02. The molecule has 7 nitrogen and oxygen atoms in total. The third kappa shape index (κ3) is 4.66. The van der Waals surface area contributed by atoms with Crippen molar-refractivity contribution in [1.82, 2.24) is 15.1 Å². The summed E-state index contributed by atoms with van der Waals surface area (Å²) in [5.41, 5.74) is 2.27. The molecule has 1 aromatic heterocycles. The van der Waals surface area contributed by atoms with Gasteiger partial charge in [-0.15, -0.1) is 0 Å². The summed E-state index contributed by atoms with van der Waals surface area (Å²) < 4.78 is 1.37. The number of aryl methyl sites for hydroxylation is 1. The van der Waals surface area contributed by atoms with Gasteiger partial charge in [0.2, 0.25) is 0 Å². The van der Waals surface area contributed by atoms with Crippen LogP contribution in [0, 0.1) is 17.0 Å². The number of nitrogens with one attached hydrogen (secondary N) is 1. The van der Waals surface area contributed by atoms with Crippen molar-refractivity contribution in [3.8, 4) is 0 Å². The van der Waals surface area contributed by atoms with E-state index in [9.17, 15) is 15.2 Å². The highest BCUT2D eigenvalue weighted by molar-refractivity contribution is 5.22. The number of hydrogen-bond acceptors (Lipinski definition) is 5. The third-order valence-corrected chi connectivity index (χ3v) is 3.02. The fourth-order valence-electron chi connectivity index (χ4n) is 2.03. The number of benzene rings is 1. The Balaban J connectivity index is 1.76. The van der Waals surface area contributed by atoms with E-state index in [-0.39, 0.29) is 12.2 Å². The van der Waals surface area contributed by atoms with Gasteiger partial charge in [0.25, 0.3) is 0 Å². The maximum atomic E-state index is 10.5. The van der Waals surface area contributed by atoms with Gasteiger partial charge in [-0.1, -0.05) is 29.8 Å². The second kappa shape index (κ2) is 6.96. The Bertz CT molecular complexity index is 612. The summed E-state index contributed by atoms with van der Waals surface area (Å²) in [4.78, 5) is 10.0. The maximum Gasteiger partial charge on any atom is 0.306 e. The standard InChI is InChI=1S/C14H18N4O3/c1-11-3-2-4-12(5-11)6-15-8-14(19)10-17-9-13(7-16-17)18(20)21/h2-5,7,9,14-15,19H,6,8,10H2,1H3. The average molecular weight is 290 g/mol. The first kappa shape index (κ1) is 15.1. The van der Waals surface area contributed by atoms with Crippen molar-refractivity contribution in [1.29, 1.82) is 0 Å². The van der Waals surface area contributed by atoms with Gasteiger partial charge >= 0.3 is 5.69 Å². The van der Waals surface area contributed by atoms with Crippen molar-refractivity contribution in [3.63, 3.8) is 0 Å². The summed E-state index contributed by atoms with van der Waals surface area (Å²) in [6.07, 6.45) is 1.82. The van der Waals surface area contributed by atoms with Crippen molar-refractivity contribution in [3.05, 3.63) is 57.9 Å². The maximum absolute atomic E-state index is 10.5. The van der Waals surface area contributed by atoms with Gasteiger partial charge in [0, 0.05) is 13.1 Å². The highest BCUT2D eigenvalue weighted by Crippen LogP contribution is 2.08. The molecule has 0 aliphatic heterocycles. The van der Waals surface area contributed by atoms with Crippen molar-refractivity contribution >= 4 is 5.69 Å². The van der Waals surface area contributed by atoms with Crippen molar-refractivity contribution in [2.75, 3.05) is 6.54 Å². The molecule has 0 saturated carbocycles. The molecule has 2 rings (SSSR count). The van der Waals surface area contributed by atoms with Crippen LogP contribution in [0.2, 0.25) is 0 Å². The Kier molecular flexibility index (Phi) is 5.02. The van der Waals surface area contributed by atoms with Gasteiger partial charge in [-0.25, -0.2) is 0 Å². The summed E-state index contributed by atoms with van der Waals surface area (Å²) in [7, 11) is 0. The fourth-order valence-corrected chi connectivity index (χ4v) is 2.03. The van der Waals surface area contributed by atoms with Gasteiger partial charge in [0.15, 0.2) is 0 Å². The predicted molar refractivity (Wildman–Crippen MR) is 77.8 cm³/mol. The second-order valence-electron chi connectivity index (χ2n) is 4.95. The molecule has 1 atom stereocenters. The quantitative estimate of drug-likeness (QED) is 0.591. The van der Waals surface area contributed by atoms with E-state index in [1.807, 2.05) is 25.1 Å². The molecule has 7 heteroatoms. The molecule has 1 heterocycles. The summed E-state index contributed by atoms with van der Waals surface area (Å²) in [5.74, 6) is 0. The van der Waals surface area contributed by atoms with Gasteiger partial charge in [-0.2, -0.15) is 5.10 Å². The van der Waals surface area contributed by atoms with Crippen LogP contribution in [0.1, 0.15) is 11.1 Å².